The lowest BCUT2D eigenvalue weighted by Crippen LogP contribution is -2.45. The normalized spacial score (nSPS) is 14.0. The van der Waals surface area contributed by atoms with E-state index in [0.717, 1.165) is 12.1 Å². The predicted octanol–water partition coefficient (Wildman–Crippen LogP) is 4.61. The fourth-order valence-corrected chi connectivity index (χ4v) is 1.68. The highest BCUT2D eigenvalue weighted by atomic mass is 35.5. The van der Waals surface area contributed by atoms with Crippen molar-refractivity contribution in [2.24, 2.45) is 5.73 Å². The minimum Gasteiger partial charge on any atom is -0.319 e. The molecular formula is C9H7Cl3F5N. The van der Waals surface area contributed by atoms with Gasteiger partial charge in [-0.1, -0.05) is 23.2 Å². The number of benzene rings is 1. The number of halogens is 8. The Bertz CT molecular complexity index is 401. The molecule has 9 heteroatoms. The first-order valence-corrected chi connectivity index (χ1v) is 4.97. The van der Waals surface area contributed by atoms with Crippen LogP contribution in [0.4, 0.5) is 22.0 Å². The Hall–Kier alpha value is -0.300. The summed E-state index contributed by atoms with van der Waals surface area (Å²) < 4.78 is 62.1. The smallest absolute Gasteiger partial charge is 0.319 e. The highest BCUT2D eigenvalue weighted by Gasteiger charge is 2.61. The van der Waals surface area contributed by atoms with Crippen LogP contribution in [0, 0.1) is 0 Å². The molecule has 0 amide bonds. The third kappa shape index (κ3) is 3.60. The fourth-order valence-electron chi connectivity index (χ4n) is 1.14. The van der Waals surface area contributed by atoms with Gasteiger partial charge in [0.1, 0.15) is 6.04 Å². The van der Waals surface area contributed by atoms with Crippen LogP contribution in [0.3, 0.4) is 0 Å². The molecule has 1 aromatic carbocycles. The van der Waals surface area contributed by atoms with Crippen molar-refractivity contribution < 1.29 is 22.0 Å². The molecule has 0 radical (unpaired) electrons. The molecule has 0 aliphatic carbocycles. The van der Waals surface area contributed by atoms with Gasteiger partial charge in [-0.3, -0.25) is 0 Å². The van der Waals surface area contributed by atoms with Crippen LogP contribution in [0.5, 0.6) is 0 Å². The highest BCUT2D eigenvalue weighted by Crippen LogP contribution is 2.43. The van der Waals surface area contributed by atoms with E-state index in [1.54, 1.807) is 0 Å². The Morgan fingerprint density at radius 2 is 1.33 bits per heavy atom. The molecular weight excluding hydrogens is 323 g/mol. The molecule has 1 atom stereocenters. The van der Waals surface area contributed by atoms with Crippen LogP contribution in [0.1, 0.15) is 11.6 Å². The van der Waals surface area contributed by atoms with E-state index < -0.39 is 23.7 Å². The van der Waals surface area contributed by atoms with Crippen molar-refractivity contribution in [3.63, 3.8) is 0 Å². The van der Waals surface area contributed by atoms with Gasteiger partial charge < -0.3 is 5.73 Å². The Morgan fingerprint density at radius 1 is 0.944 bits per heavy atom. The average Bonchev–Trinajstić information content (AvgIpc) is 2.13. The molecule has 0 saturated heterocycles. The maximum absolute atomic E-state index is 12.9. The summed E-state index contributed by atoms with van der Waals surface area (Å²) in [7, 11) is 0. The summed E-state index contributed by atoms with van der Waals surface area (Å²) in [6.07, 6.45) is -5.73. The van der Waals surface area contributed by atoms with Crippen molar-refractivity contribution in [3.8, 4) is 0 Å². The lowest BCUT2D eigenvalue weighted by atomic mass is 10.0. The van der Waals surface area contributed by atoms with E-state index in [1.165, 1.54) is 6.07 Å². The number of rotatable bonds is 2. The molecule has 0 fully saturated rings. The van der Waals surface area contributed by atoms with Gasteiger partial charge in [0.15, 0.2) is 0 Å². The van der Waals surface area contributed by atoms with Crippen molar-refractivity contribution >= 4 is 35.6 Å². The Labute approximate surface area is 115 Å². The van der Waals surface area contributed by atoms with Crippen LogP contribution in [0.15, 0.2) is 18.2 Å². The number of hydrogen-bond donors (Lipinski definition) is 1. The van der Waals surface area contributed by atoms with Gasteiger partial charge in [0, 0.05) is 10.0 Å². The van der Waals surface area contributed by atoms with Crippen molar-refractivity contribution in [1.82, 2.24) is 0 Å². The first kappa shape index (κ1) is 17.7. The first-order chi connectivity index (χ1) is 7.55. The minimum absolute atomic E-state index is 0. The van der Waals surface area contributed by atoms with Gasteiger partial charge in [-0.2, -0.15) is 22.0 Å². The lowest BCUT2D eigenvalue weighted by Gasteiger charge is -2.26. The van der Waals surface area contributed by atoms with Crippen LogP contribution in [-0.2, 0) is 0 Å². The van der Waals surface area contributed by atoms with Crippen LogP contribution < -0.4 is 5.73 Å². The van der Waals surface area contributed by atoms with Crippen molar-refractivity contribution in [2.45, 2.75) is 18.1 Å². The van der Waals surface area contributed by atoms with Crippen molar-refractivity contribution in [1.29, 1.82) is 0 Å². The zero-order valence-electron chi connectivity index (χ0n) is 8.44. The van der Waals surface area contributed by atoms with E-state index in [4.69, 9.17) is 28.9 Å². The summed E-state index contributed by atoms with van der Waals surface area (Å²) in [6.45, 7) is 0. The molecule has 0 aliphatic rings. The van der Waals surface area contributed by atoms with Gasteiger partial charge in [-0.25, -0.2) is 0 Å². The third-order valence-electron chi connectivity index (χ3n) is 2.01. The maximum Gasteiger partial charge on any atom is 0.455 e. The van der Waals surface area contributed by atoms with Gasteiger partial charge in [0.2, 0.25) is 0 Å². The van der Waals surface area contributed by atoms with E-state index in [1.807, 2.05) is 0 Å². The Kier molecular flexibility index (Phi) is 5.68. The molecule has 0 aromatic heterocycles. The van der Waals surface area contributed by atoms with Gasteiger partial charge in [-0.05, 0) is 23.8 Å². The summed E-state index contributed by atoms with van der Waals surface area (Å²) in [5.41, 5.74) is 4.43. The molecule has 0 aliphatic heterocycles. The maximum atomic E-state index is 12.9. The standard InChI is InChI=1S/C9H6Cl2F5N.ClH/c10-5-1-4(2-6(11)3-5)7(17)8(12,13)9(14,15)16;/h1-3,7H,17H2;1H/t7-;/m1./s1. The molecule has 0 unspecified atom stereocenters. The van der Waals surface area contributed by atoms with E-state index in [-0.39, 0.29) is 22.5 Å². The lowest BCUT2D eigenvalue weighted by molar-refractivity contribution is -0.291. The van der Waals surface area contributed by atoms with Crippen LogP contribution in [-0.4, -0.2) is 12.1 Å². The predicted molar refractivity (Wildman–Crippen MR) is 61.6 cm³/mol. The minimum atomic E-state index is -5.73. The third-order valence-corrected chi connectivity index (χ3v) is 2.45. The summed E-state index contributed by atoms with van der Waals surface area (Å²) in [5.74, 6) is -5.05. The van der Waals surface area contributed by atoms with Crippen LogP contribution in [0.25, 0.3) is 0 Å². The summed E-state index contributed by atoms with van der Waals surface area (Å²) in [6, 6.07) is 0.472. The van der Waals surface area contributed by atoms with E-state index in [2.05, 4.69) is 0 Å². The van der Waals surface area contributed by atoms with Crippen LogP contribution in [0.2, 0.25) is 10.0 Å². The number of nitrogens with two attached hydrogens (primary N) is 1. The summed E-state index contributed by atoms with van der Waals surface area (Å²) in [4.78, 5) is 0. The van der Waals surface area contributed by atoms with Gasteiger partial charge in [0.05, 0.1) is 0 Å². The molecule has 18 heavy (non-hydrogen) atoms. The topological polar surface area (TPSA) is 26.0 Å². The molecule has 1 aromatic rings. The number of alkyl halides is 5. The van der Waals surface area contributed by atoms with Gasteiger partial charge in [-0.15, -0.1) is 12.4 Å². The highest BCUT2D eigenvalue weighted by molar-refractivity contribution is 6.34. The SMILES string of the molecule is Cl.N[C@H](c1cc(Cl)cc(Cl)c1)C(F)(F)C(F)(F)F. The van der Waals surface area contributed by atoms with Crippen LogP contribution >= 0.6 is 35.6 Å². The summed E-state index contributed by atoms with van der Waals surface area (Å²) >= 11 is 11.0. The van der Waals surface area contributed by atoms with Gasteiger partial charge in [0.25, 0.3) is 0 Å². The monoisotopic (exact) mass is 329 g/mol. The van der Waals surface area contributed by atoms with Crippen molar-refractivity contribution in [3.05, 3.63) is 33.8 Å². The van der Waals surface area contributed by atoms with E-state index >= 15 is 0 Å². The summed E-state index contributed by atoms with van der Waals surface area (Å²) in [5, 5.41) is -0.137. The van der Waals surface area contributed by atoms with E-state index in [0.29, 0.717) is 0 Å². The first-order valence-electron chi connectivity index (χ1n) is 4.22. The van der Waals surface area contributed by atoms with Crippen molar-refractivity contribution in [2.75, 3.05) is 0 Å². The molecule has 104 valence electrons. The molecule has 0 bridgehead atoms. The molecule has 0 saturated carbocycles. The van der Waals surface area contributed by atoms with Gasteiger partial charge >= 0.3 is 12.1 Å². The van der Waals surface area contributed by atoms with E-state index in [9.17, 15) is 22.0 Å². The molecule has 1 rings (SSSR count). The zero-order valence-corrected chi connectivity index (χ0v) is 10.8. The molecule has 2 N–H and O–H groups in total. The second kappa shape index (κ2) is 5.77. The second-order valence-corrected chi connectivity index (χ2v) is 4.17. The number of hydrogen-bond acceptors (Lipinski definition) is 1. The molecule has 0 spiro atoms. The molecule has 0 heterocycles. The second-order valence-electron chi connectivity index (χ2n) is 3.30. The zero-order chi connectivity index (χ0) is 13.4. The Morgan fingerprint density at radius 3 is 1.67 bits per heavy atom. The average molecular weight is 331 g/mol. The fraction of sp³-hybridized carbons (Fsp3) is 0.333. The molecule has 1 nitrogen and oxygen atoms in total. The quantitative estimate of drug-likeness (QED) is 0.787. The Balaban J connectivity index is 0.00000289. The largest absolute Gasteiger partial charge is 0.455 e.